The van der Waals surface area contributed by atoms with Crippen molar-refractivity contribution < 1.29 is 14.3 Å². The topological polar surface area (TPSA) is 86.1 Å². The zero-order chi connectivity index (χ0) is 23.4. The highest BCUT2D eigenvalue weighted by atomic mass is 32.2. The summed E-state index contributed by atoms with van der Waals surface area (Å²) < 4.78 is 7.34. The number of amides is 1. The summed E-state index contributed by atoms with van der Waals surface area (Å²) in [7, 11) is 0. The Hall–Kier alpha value is -2.17. The second-order valence-electron chi connectivity index (χ2n) is 7.73. The van der Waals surface area contributed by atoms with Crippen LogP contribution in [0.2, 0.25) is 0 Å². The SMILES string of the molecule is CCCn1c(SCC(=O)Nc2sc3c(c2C(=O)OCC)CCC3)nnc1-c1csc(CC)c1. The maximum absolute atomic E-state index is 12.8. The van der Waals surface area contributed by atoms with Crippen LogP contribution in [0, 0.1) is 0 Å². The lowest BCUT2D eigenvalue weighted by Crippen LogP contribution is -2.17. The number of carbonyl (C=O) groups excluding carboxylic acids is 2. The average Bonchev–Trinajstić information content (AvgIpc) is 3.56. The van der Waals surface area contributed by atoms with Crippen LogP contribution in [0.1, 0.15) is 59.3 Å². The van der Waals surface area contributed by atoms with Crippen molar-refractivity contribution in [3.05, 3.63) is 32.3 Å². The Morgan fingerprint density at radius 3 is 2.82 bits per heavy atom. The van der Waals surface area contributed by atoms with Gasteiger partial charge in [-0.3, -0.25) is 4.79 Å². The van der Waals surface area contributed by atoms with Crippen LogP contribution in [0.3, 0.4) is 0 Å². The first-order chi connectivity index (χ1) is 16.0. The molecule has 1 aliphatic rings. The van der Waals surface area contributed by atoms with Gasteiger partial charge in [0.05, 0.1) is 17.9 Å². The van der Waals surface area contributed by atoms with Gasteiger partial charge in [0.25, 0.3) is 0 Å². The number of anilines is 1. The van der Waals surface area contributed by atoms with Crippen LogP contribution in [0.25, 0.3) is 11.4 Å². The molecule has 3 heterocycles. The van der Waals surface area contributed by atoms with E-state index in [0.29, 0.717) is 17.2 Å². The predicted molar refractivity (Wildman–Crippen MR) is 135 cm³/mol. The van der Waals surface area contributed by atoms with E-state index in [1.807, 2.05) is 0 Å². The summed E-state index contributed by atoms with van der Waals surface area (Å²) in [5.74, 6) is 0.516. The molecule has 7 nitrogen and oxygen atoms in total. The third-order valence-electron chi connectivity index (χ3n) is 5.41. The van der Waals surface area contributed by atoms with Gasteiger partial charge in [-0.1, -0.05) is 25.6 Å². The molecule has 0 bridgehead atoms. The third-order valence-corrected chi connectivity index (χ3v) is 8.67. The number of rotatable bonds is 10. The van der Waals surface area contributed by atoms with E-state index in [0.717, 1.165) is 60.8 Å². The summed E-state index contributed by atoms with van der Waals surface area (Å²) in [6.45, 7) is 7.14. The Morgan fingerprint density at radius 2 is 2.09 bits per heavy atom. The fourth-order valence-electron chi connectivity index (χ4n) is 3.92. The molecule has 0 aliphatic heterocycles. The number of esters is 1. The summed E-state index contributed by atoms with van der Waals surface area (Å²) in [6.07, 6.45) is 4.78. The highest BCUT2D eigenvalue weighted by Gasteiger charge is 2.28. The predicted octanol–water partition coefficient (Wildman–Crippen LogP) is 5.44. The molecule has 176 valence electrons. The quantitative estimate of drug-likeness (QED) is 0.292. The van der Waals surface area contributed by atoms with E-state index < -0.39 is 0 Å². The van der Waals surface area contributed by atoms with Crippen molar-refractivity contribution in [3.63, 3.8) is 0 Å². The summed E-state index contributed by atoms with van der Waals surface area (Å²) in [6, 6.07) is 2.16. The molecule has 3 aromatic heterocycles. The summed E-state index contributed by atoms with van der Waals surface area (Å²) in [5.41, 5.74) is 2.64. The number of aromatic nitrogens is 3. The number of aryl methyl sites for hydroxylation is 2. The van der Waals surface area contributed by atoms with Crippen molar-refractivity contribution in [2.24, 2.45) is 0 Å². The molecular weight excluding hydrogens is 476 g/mol. The second kappa shape index (κ2) is 10.8. The molecule has 4 rings (SSSR count). The summed E-state index contributed by atoms with van der Waals surface area (Å²) >= 11 is 4.59. The largest absolute Gasteiger partial charge is 0.462 e. The van der Waals surface area contributed by atoms with Gasteiger partial charge in [-0.15, -0.1) is 32.9 Å². The molecule has 33 heavy (non-hydrogen) atoms. The molecule has 1 amide bonds. The van der Waals surface area contributed by atoms with E-state index in [9.17, 15) is 9.59 Å². The number of thioether (sulfide) groups is 1. The van der Waals surface area contributed by atoms with Gasteiger partial charge >= 0.3 is 5.97 Å². The number of ether oxygens (including phenoxy) is 1. The Balaban J connectivity index is 1.47. The molecule has 3 aromatic rings. The standard InChI is InChI=1S/C23H28N4O3S3/c1-4-10-27-20(14-11-15(5-2)31-12-14)25-26-23(27)32-13-18(28)24-21-19(22(29)30-6-3)16-8-7-9-17(16)33-21/h11-12H,4-10,13H2,1-3H3,(H,24,28). The molecule has 0 radical (unpaired) electrons. The summed E-state index contributed by atoms with van der Waals surface area (Å²) in [5, 5.41) is 15.2. The maximum atomic E-state index is 12.8. The van der Waals surface area contributed by atoms with Crippen LogP contribution in [0.5, 0.6) is 0 Å². The van der Waals surface area contributed by atoms with Gasteiger partial charge in [0, 0.05) is 27.2 Å². The summed E-state index contributed by atoms with van der Waals surface area (Å²) in [4.78, 5) is 27.8. The number of fused-ring (bicyclic) bond motifs is 1. The van der Waals surface area contributed by atoms with Crippen molar-refractivity contribution in [2.75, 3.05) is 17.7 Å². The second-order valence-corrected chi connectivity index (χ2v) is 10.8. The minimum atomic E-state index is -0.352. The first kappa shape index (κ1) is 24.0. The molecule has 0 spiro atoms. The van der Waals surface area contributed by atoms with E-state index in [1.165, 1.54) is 32.9 Å². The first-order valence-corrected chi connectivity index (χ1v) is 14.0. The van der Waals surface area contributed by atoms with Gasteiger partial charge in [-0.2, -0.15) is 0 Å². The van der Waals surface area contributed by atoms with Gasteiger partial charge in [-0.25, -0.2) is 4.79 Å². The molecule has 0 atom stereocenters. The number of carbonyl (C=O) groups is 2. The number of hydrogen-bond acceptors (Lipinski definition) is 8. The lowest BCUT2D eigenvalue weighted by Gasteiger charge is -2.09. The molecule has 0 aromatic carbocycles. The van der Waals surface area contributed by atoms with Crippen molar-refractivity contribution in [1.29, 1.82) is 0 Å². The van der Waals surface area contributed by atoms with Crippen LogP contribution in [0.4, 0.5) is 5.00 Å². The van der Waals surface area contributed by atoms with Crippen molar-refractivity contribution in [2.45, 2.75) is 64.6 Å². The fourth-order valence-corrected chi connectivity index (χ4v) is 6.79. The zero-order valence-corrected chi connectivity index (χ0v) is 21.6. The molecule has 1 aliphatic carbocycles. The van der Waals surface area contributed by atoms with Crippen molar-refractivity contribution in [3.8, 4) is 11.4 Å². The molecule has 0 saturated carbocycles. The van der Waals surface area contributed by atoms with E-state index in [-0.39, 0.29) is 17.6 Å². The molecule has 0 unspecified atom stereocenters. The molecule has 1 N–H and O–H groups in total. The average molecular weight is 505 g/mol. The first-order valence-electron chi connectivity index (χ1n) is 11.3. The normalized spacial score (nSPS) is 12.7. The number of thiophene rings is 2. The number of hydrogen-bond donors (Lipinski definition) is 1. The Morgan fingerprint density at radius 1 is 1.24 bits per heavy atom. The van der Waals surface area contributed by atoms with Crippen LogP contribution >= 0.6 is 34.4 Å². The van der Waals surface area contributed by atoms with E-state index >= 15 is 0 Å². The number of nitrogens with zero attached hydrogens (tertiary/aromatic N) is 3. The van der Waals surface area contributed by atoms with Crippen LogP contribution in [-0.4, -0.2) is 39.0 Å². The van der Waals surface area contributed by atoms with Crippen LogP contribution < -0.4 is 5.32 Å². The van der Waals surface area contributed by atoms with Crippen molar-refractivity contribution >= 4 is 51.3 Å². The van der Waals surface area contributed by atoms with Gasteiger partial charge < -0.3 is 14.6 Å². The van der Waals surface area contributed by atoms with Gasteiger partial charge in [0.1, 0.15) is 5.00 Å². The molecular formula is C23H28N4O3S3. The van der Waals surface area contributed by atoms with E-state index in [1.54, 1.807) is 18.3 Å². The van der Waals surface area contributed by atoms with Gasteiger partial charge in [0.15, 0.2) is 11.0 Å². The lowest BCUT2D eigenvalue weighted by atomic mass is 10.1. The third kappa shape index (κ3) is 5.17. The Kier molecular flexibility index (Phi) is 7.87. The van der Waals surface area contributed by atoms with Gasteiger partial charge in [0.2, 0.25) is 5.91 Å². The molecule has 0 saturated heterocycles. The highest BCUT2D eigenvalue weighted by Crippen LogP contribution is 2.39. The highest BCUT2D eigenvalue weighted by molar-refractivity contribution is 7.99. The Bertz CT molecular complexity index is 1150. The van der Waals surface area contributed by atoms with E-state index in [4.69, 9.17) is 4.74 Å². The maximum Gasteiger partial charge on any atom is 0.341 e. The van der Waals surface area contributed by atoms with Crippen LogP contribution in [0.15, 0.2) is 16.6 Å². The minimum Gasteiger partial charge on any atom is -0.462 e. The smallest absolute Gasteiger partial charge is 0.341 e. The zero-order valence-electron chi connectivity index (χ0n) is 19.1. The minimum absolute atomic E-state index is 0.165. The number of nitrogens with one attached hydrogen (secondary N) is 1. The lowest BCUT2D eigenvalue weighted by molar-refractivity contribution is -0.113. The Labute approximate surface area is 206 Å². The fraction of sp³-hybridized carbons (Fsp3) is 0.478. The molecule has 0 fully saturated rings. The monoisotopic (exact) mass is 504 g/mol. The van der Waals surface area contributed by atoms with E-state index in [2.05, 4.69) is 45.4 Å². The van der Waals surface area contributed by atoms with Crippen molar-refractivity contribution in [1.82, 2.24) is 14.8 Å². The molecule has 10 heteroatoms. The van der Waals surface area contributed by atoms with Gasteiger partial charge in [-0.05, 0) is 50.7 Å². The van der Waals surface area contributed by atoms with Crippen LogP contribution in [-0.2, 0) is 35.3 Å².